The van der Waals surface area contributed by atoms with Crippen LogP contribution in [0.4, 0.5) is 0 Å². The molecule has 0 unspecified atom stereocenters. The second-order valence-corrected chi connectivity index (χ2v) is 4.57. The summed E-state index contributed by atoms with van der Waals surface area (Å²) in [6, 6.07) is 5.43. The van der Waals surface area contributed by atoms with E-state index in [9.17, 15) is 10.2 Å². The molecule has 0 atom stereocenters. The Kier molecular flexibility index (Phi) is 3.06. The van der Waals surface area contributed by atoms with Crippen LogP contribution in [0.1, 0.15) is 25.3 Å². The summed E-state index contributed by atoms with van der Waals surface area (Å²) in [5.41, 5.74) is 1.22. The molecule has 1 aromatic carbocycles. The smallest absolute Gasteiger partial charge is 0.161 e. The van der Waals surface area contributed by atoms with Gasteiger partial charge in [-0.3, -0.25) is 0 Å². The quantitative estimate of drug-likeness (QED) is 0.802. The van der Waals surface area contributed by atoms with Crippen LogP contribution in [-0.4, -0.2) is 23.4 Å². The van der Waals surface area contributed by atoms with Crippen molar-refractivity contribution >= 4 is 0 Å². The number of aromatic hydroxyl groups is 1. The van der Waals surface area contributed by atoms with Gasteiger partial charge in [0.1, 0.15) is 0 Å². The van der Waals surface area contributed by atoms with Crippen LogP contribution in [0.15, 0.2) is 18.2 Å². The van der Waals surface area contributed by atoms with Gasteiger partial charge in [0.2, 0.25) is 0 Å². The van der Waals surface area contributed by atoms with E-state index < -0.39 is 0 Å². The maximum atomic E-state index is 9.56. The first-order chi connectivity index (χ1) is 7.69. The Morgan fingerprint density at radius 3 is 2.69 bits per heavy atom. The fraction of sp³-hybridized carbons (Fsp3) is 0.538. The number of aliphatic hydroxyl groups is 1. The number of ether oxygens (including phenoxy) is 1. The molecule has 0 aliphatic heterocycles. The van der Waals surface area contributed by atoms with E-state index in [4.69, 9.17) is 4.74 Å². The molecule has 1 fully saturated rings. The van der Waals surface area contributed by atoms with Gasteiger partial charge in [-0.1, -0.05) is 6.07 Å². The first kappa shape index (κ1) is 11.3. The highest BCUT2D eigenvalue weighted by molar-refractivity contribution is 5.42. The molecule has 0 spiro atoms. The monoisotopic (exact) mass is 222 g/mol. The molecule has 16 heavy (non-hydrogen) atoms. The second kappa shape index (κ2) is 4.34. The molecule has 1 aliphatic rings. The summed E-state index contributed by atoms with van der Waals surface area (Å²) < 4.78 is 5.33. The van der Waals surface area contributed by atoms with E-state index in [2.05, 4.69) is 0 Å². The van der Waals surface area contributed by atoms with E-state index >= 15 is 0 Å². The normalized spacial score (nSPS) is 17.1. The van der Waals surface area contributed by atoms with Crippen molar-refractivity contribution in [1.29, 1.82) is 0 Å². The number of phenolic OH excluding ortho intramolecular Hbond substituents is 1. The van der Waals surface area contributed by atoms with Gasteiger partial charge in [-0.15, -0.1) is 0 Å². The van der Waals surface area contributed by atoms with Gasteiger partial charge in [0, 0.05) is 6.61 Å². The maximum absolute atomic E-state index is 9.56. The van der Waals surface area contributed by atoms with E-state index in [1.165, 1.54) is 0 Å². The topological polar surface area (TPSA) is 49.7 Å². The third-order valence-corrected chi connectivity index (χ3v) is 3.20. The predicted molar refractivity (Wildman–Crippen MR) is 61.7 cm³/mol. The molecule has 0 radical (unpaired) electrons. The molecule has 0 heterocycles. The van der Waals surface area contributed by atoms with Crippen molar-refractivity contribution in [1.82, 2.24) is 0 Å². The molecular formula is C13H18O3. The minimum Gasteiger partial charge on any atom is -0.504 e. The fourth-order valence-corrected chi connectivity index (χ4v) is 1.94. The van der Waals surface area contributed by atoms with Crippen molar-refractivity contribution in [3.8, 4) is 11.5 Å². The summed E-state index contributed by atoms with van der Waals surface area (Å²) in [4.78, 5) is 0. The lowest BCUT2D eigenvalue weighted by Gasteiger charge is -2.13. The van der Waals surface area contributed by atoms with Crippen molar-refractivity contribution < 1.29 is 14.9 Å². The van der Waals surface area contributed by atoms with Crippen molar-refractivity contribution in [3.63, 3.8) is 0 Å². The molecule has 3 nitrogen and oxygen atoms in total. The average molecular weight is 222 g/mol. The van der Waals surface area contributed by atoms with Gasteiger partial charge in [-0.2, -0.15) is 0 Å². The van der Waals surface area contributed by atoms with Gasteiger partial charge >= 0.3 is 0 Å². The SMILES string of the molecule is CCOc1cc(CC2(CO)CC2)ccc1O. The van der Waals surface area contributed by atoms with E-state index in [-0.39, 0.29) is 17.8 Å². The largest absolute Gasteiger partial charge is 0.504 e. The number of hydrogen-bond donors (Lipinski definition) is 2. The van der Waals surface area contributed by atoms with Crippen LogP contribution in [0.3, 0.4) is 0 Å². The van der Waals surface area contributed by atoms with Crippen LogP contribution in [0, 0.1) is 5.41 Å². The van der Waals surface area contributed by atoms with Crippen LogP contribution in [-0.2, 0) is 6.42 Å². The Labute approximate surface area is 95.7 Å². The molecule has 2 N–H and O–H groups in total. The lowest BCUT2D eigenvalue weighted by molar-refractivity contribution is 0.211. The zero-order valence-corrected chi connectivity index (χ0v) is 9.57. The van der Waals surface area contributed by atoms with E-state index in [0.29, 0.717) is 12.4 Å². The number of benzene rings is 1. The molecule has 2 rings (SSSR count). The Hall–Kier alpha value is -1.22. The molecule has 1 saturated carbocycles. The summed E-state index contributed by atoms with van der Waals surface area (Å²) in [5, 5.41) is 18.8. The number of hydrogen-bond acceptors (Lipinski definition) is 3. The zero-order valence-electron chi connectivity index (χ0n) is 9.57. The summed E-state index contributed by atoms with van der Waals surface area (Å²) in [5.74, 6) is 0.716. The van der Waals surface area contributed by atoms with Gasteiger partial charge < -0.3 is 14.9 Å². The van der Waals surface area contributed by atoms with Gasteiger partial charge in [-0.25, -0.2) is 0 Å². The first-order valence-corrected chi connectivity index (χ1v) is 5.75. The molecule has 1 aromatic rings. The molecule has 0 bridgehead atoms. The summed E-state index contributed by atoms with van der Waals surface area (Å²) >= 11 is 0. The standard InChI is InChI=1S/C13H18O3/c1-2-16-12-7-10(3-4-11(12)15)8-13(9-14)5-6-13/h3-4,7,14-15H,2,5-6,8-9H2,1H3. The molecule has 1 aliphatic carbocycles. The zero-order chi connectivity index (χ0) is 11.6. The average Bonchev–Trinajstić information content (AvgIpc) is 3.04. The van der Waals surface area contributed by atoms with Crippen LogP contribution in [0.5, 0.6) is 11.5 Å². The lowest BCUT2D eigenvalue weighted by atomic mass is 9.97. The Bertz CT molecular complexity index is 369. The van der Waals surface area contributed by atoms with Gasteiger partial charge in [0.05, 0.1) is 6.61 Å². The Balaban J connectivity index is 2.12. The molecule has 0 saturated heterocycles. The highest BCUT2D eigenvalue weighted by atomic mass is 16.5. The van der Waals surface area contributed by atoms with Crippen LogP contribution in [0.2, 0.25) is 0 Å². The number of aliphatic hydroxyl groups excluding tert-OH is 1. The van der Waals surface area contributed by atoms with Crippen molar-refractivity contribution in [3.05, 3.63) is 23.8 Å². The third-order valence-electron chi connectivity index (χ3n) is 3.20. The van der Waals surface area contributed by atoms with E-state index in [1.807, 2.05) is 19.1 Å². The summed E-state index contributed by atoms with van der Waals surface area (Å²) in [7, 11) is 0. The van der Waals surface area contributed by atoms with Gasteiger partial charge in [0.15, 0.2) is 11.5 Å². The minimum absolute atomic E-state index is 0.0977. The van der Waals surface area contributed by atoms with Crippen LogP contribution >= 0.6 is 0 Å². The molecule has 3 heteroatoms. The molecule has 0 amide bonds. The highest BCUT2D eigenvalue weighted by Gasteiger charge is 2.41. The molecular weight excluding hydrogens is 204 g/mol. The van der Waals surface area contributed by atoms with Gasteiger partial charge in [-0.05, 0) is 49.3 Å². The second-order valence-electron chi connectivity index (χ2n) is 4.57. The van der Waals surface area contributed by atoms with E-state index in [0.717, 1.165) is 24.8 Å². The lowest BCUT2D eigenvalue weighted by Crippen LogP contribution is -2.10. The van der Waals surface area contributed by atoms with E-state index in [1.54, 1.807) is 6.07 Å². The number of rotatable bonds is 5. The van der Waals surface area contributed by atoms with Crippen molar-refractivity contribution in [2.45, 2.75) is 26.2 Å². The molecule has 0 aromatic heterocycles. The van der Waals surface area contributed by atoms with Crippen LogP contribution in [0.25, 0.3) is 0 Å². The Morgan fingerprint density at radius 2 is 2.12 bits per heavy atom. The summed E-state index contributed by atoms with van der Waals surface area (Å²) in [6.07, 6.45) is 3.05. The minimum atomic E-state index is 0.0977. The van der Waals surface area contributed by atoms with Crippen LogP contribution < -0.4 is 4.74 Å². The van der Waals surface area contributed by atoms with Crippen molar-refractivity contribution in [2.75, 3.05) is 13.2 Å². The molecule has 88 valence electrons. The fourth-order valence-electron chi connectivity index (χ4n) is 1.94. The highest BCUT2D eigenvalue weighted by Crippen LogP contribution is 2.48. The predicted octanol–water partition coefficient (Wildman–Crippen LogP) is 2.11. The van der Waals surface area contributed by atoms with Gasteiger partial charge in [0.25, 0.3) is 0 Å². The first-order valence-electron chi connectivity index (χ1n) is 5.75. The summed E-state index contributed by atoms with van der Waals surface area (Å²) in [6.45, 7) is 2.68. The Morgan fingerprint density at radius 1 is 1.38 bits per heavy atom. The third kappa shape index (κ3) is 2.30. The maximum Gasteiger partial charge on any atom is 0.161 e. The number of phenols is 1. The van der Waals surface area contributed by atoms with Crippen molar-refractivity contribution in [2.24, 2.45) is 5.41 Å².